The number of ether oxygens (including phenoxy) is 2. The highest BCUT2D eigenvalue weighted by Gasteiger charge is 2.32. The Labute approximate surface area is 135 Å². The lowest BCUT2D eigenvalue weighted by molar-refractivity contribution is -0.154. The number of morpholine rings is 1. The van der Waals surface area contributed by atoms with Crippen LogP contribution in [0, 0.1) is 0 Å². The van der Waals surface area contributed by atoms with Crippen molar-refractivity contribution in [2.75, 3.05) is 33.4 Å². The minimum absolute atomic E-state index is 0.0267. The van der Waals surface area contributed by atoms with Crippen LogP contribution in [0.1, 0.15) is 11.1 Å². The molecule has 2 unspecified atom stereocenters. The molecule has 2 heterocycles. The molecule has 0 aliphatic carbocycles. The van der Waals surface area contributed by atoms with E-state index in [1.165, 1.54) is 5.56 Å². The van der Waals surface area contributed by atoms with E-state index >= 15 is 0 Å². The first-order valence-corrected chi connectivity index (χ1v) is 7.97. The SMILES string of the molecule is COCC1CNCC(C(=O)N2CCc3cccc(Cl)c3C2)O1. The van der Waals surface area contributed by atoms with Crippen LogP contribution in [0.15, 0.2) is 18.2 Å². The van der Waals surface area contributed by atoms with Gasteiger partial charge in [0.05, 0.1) is 12.7 Å². The summed E-state index contributed by atoms with van der Waals surface area (Å²) in [6.45, 7) is 3.02. The summed E-state index contributed by atoms with van der Waals surface area (Å²) in [6, 6.07) is 5.92. The Morgan fingerprint density at radius 1 is 1.50 bits per heavy atom. The van der Waals surface area contributed by atoms with Gasteiger partial charge in [-0.25, -0.2) is 0 Å². The van der Waals surface area contributed by atoms with E-state index in [0.717, 1.165) is 17.0 Å². The van der Waals surface area contributed by atoms with E-state index in [1.807, 2.05) is 17.0 Å². The minimum Gasteiger partial charge on any atom is -0.382 e. The van der Waals surface area contributed by atoms with Gasteiger partial charge in [-0.05, 0) is 23.6 Å². The number of hydrogen-bond acceptors (Lipinski definition) is 4. The van der Waals surface area contributed by atoms with Gasteiger partial charge in [-0.15, -0.1) is 0 Å². The van der Waals surface area contributed by atoms with E-state index in [0.29, 0.717) is 32.8 Å². The Kier molecular flexibility index (Phi) is 4.98. The second-order valence-electron chi connectivity index (χ2n) is 5.75. The second-order valence-corrected chi connectivity index (χ2v) is 6.15. The standard InChI is InChI=1S/C16H21ClN2O3/c1-21-10-12-7-18-8-15(22-12)16(20)19-6-5-11-3-2-4-14(17)13(11)9-19/h2-4,12,15,18H,5-10H2,1H3. The Hall–Kier alpha value is -1.14. The summed E-state index contributed by atoms with van der Waals surface area (Å²) >= 11 is 6.26. The van der Waals surface area contributed by atoms with Crippen LogP contribution < -0.4 is 5.32 Å². The molecule has 0 aromatic heterocycles. The normalized spacial score (nSPS) is 24.9. The van der Waals surface area contributed by atoms with Gasteiger partial charge in [0.2, 0.25) is 0 Å². The first-order valence-electron chi connectivity index (χ1n) is 7.59. The fourth-order valence-electron chi connectivity index (χ4n) is 3.07. The first kappa shape index (κ1) is 15.7. The van der Waals surface area contributed by atoms with Crippen molar-refractivity contribution in [3.8, 4) is 0 Å². The third kappa shape index (κ3) is 3.27. The van der Waals surface area contributed by atoms with Crippen LogP contribution in [0.2, 0.25) is 5.02 Å². The van der Waals surface area contributed by atoms with Crippen molar-refractivity contribution in [1.29, 1.82) is 0 Å². The Morgan fingerprint density at radius 3 is 3.18 bits per heavy atom. The number of amides is 1. The molecule has 0 bridgehead atoms. The van der Waals surface area contributed by atoms with Crippen LogP contribution in [-0.4, -0.2) is 56.4 Å². The predicted octanol–water partition coefficient (Wildman–Crippen LogP) is 1.23. The minimum atomic E-state index is -0.446. The van der Waals surface area contributed by atoms with E-state index in [9.17, 15) is 4.79 Å². The predicted molar refractivity (Wildman–Crippen MR) is 84.0 cm³/mol. The highest BCUT2D eigenvalue weighted by atomic mass is 35.5. The van der Waals surface area contributed by atoms with Crippen molar-refractivity contribution in [3.05, 3.63) is 34.3 Å². The van der Waals surface area contributed by atoms with Crippen LogP contribution >= 0.6 is 11.6 Å². The average molecular weight is 325 g/mol. The highest BCUT2D eigenvalue weighted by Crippen LogP contribution is 2.26. The molecule has 1 aromatic rings. The van der Waals surface area contributed by atoms with Crippen molar-refractivity contribution in [2.24, 2.45) is 0 Å². The highest BCUT2D eigenvalue weighted by molar-refractivity contribution is 6.31. The smallest absolute Gasteiger partial charge is 0.253 e. The van der Waals surface area contributed by atoms with Crippen LogP contribution in [-0.2, 0) is 27.2 Å². The molecule has 22 heavy (non-hydrogen) atoms. The molecule has 1 saturated heterocycles. The summed E-state index contributed by atoms with van der Waals surface area (Å²) in [6.07, 6.45) is 0.315. The van der Waals surface area contributed by atoms with Crippen LogP contribution in [0.3, 0.4) is 0 Å². The number of methoxy groups -OCH3 is 1. The molecule has 5 nitrogen and oxygen atoms in total. The Bertz CT molecular complexity index is 550. The lowest BCUT2D eigenvalue weighted by Gasteiger charge is -2.35. The van der Waals surface area contributed by atoms with Gasteiger partial charge in [0, 0.05) is 38.3 Å². The molecular weight excluding hydrogens is 304 g/mol. The van der Waals surface area contributed by atoms with Crippen LogP contribution in [0.4, 0.5) is 0 Å². The molecule has 120 valence electrons. The zero-order valence-corrected chi connectivity index (χ0v) is 13.4. The molecular formula is C16H21ClN2O3. The molecule has 2 aliphatic heterocycles. The molecule has 2 aliphatic rings. The van der Waals surface area contributed by atoms with Gasteiger partial charge in [-0.2, -0.15) is 0 Å². The van der Waals surface area contributed by atoms with Gasteiger partial charge in [-0.3, -0.25) is 4.79 Å². The number of carbonyl (C=O) groups excluding carboxylic acids is 1. The Morgan fingerprint density at radius 2 is 2.36 bits per heavy atom. The van der Waals surface area contributed by atoms with Gasteiger partial charge in [-0.1, -0.05) is 23.7 Å². The van der Waals surface area contributed by atoms with E-state index in [4.69, 9.17) is 21.1 Å². The lowest BCUT2D eigenvalue weighted by Crippen LogP contribution is -2.54. The average Bonchev–Trinajstić information content (AvgIpc) is 2.55. The van der Waals surface area contributed by atoms with Crippen molar-refractivity contribution in [1.82, 2.24) is 10.2 Å². The van der Waals surface area contributed by atoms with Crippen molar-refractivity contribution in [2.45, 2.75) is 25.2 Å². The third-order valence-corrected chi connectivity index (χ3v) is 4.57. The first-order chi connectivity index (χ1) is 10.7. The number of fused-ring (bicyclic) bond motifs is 1. The van der Waals surface area contributed by atoms with E-state index in [1.54, 1.807) is 7.11 Å². The van der Waals surface area contributed by atoms with Crippen LogP contribution in [0.25, 0.3) is 0 Å². The van der Waals surface area contributed by atoms with Gasteiger partial charge in [0.15, 0.2) is 0 Å². The van der Waals surface area contributed by atoms with E-state index < -0.39 is 6.10 Å². The second kappa shape index (κ2) is 6.96. The fourth-order valence-corrected chi connectivity index (χ4v) is 3.32. The largest absolute Gasteiger partial charge is 0.382 e. The summed E-state index contributed by atoms with van der Waals surface area (Å²) in [5, 5.41) is 3.97. The molecule has 2 atom stereocenters. The van der Waals surface area contributed by atoms with Crippen molar-refractivity contribution >= 4 is 17.5 Å². The number of nitrogens with one attached hydrogen (secondary N) is 1. The zero-order valence-electron chi connectivity index (χ0n) is 12.7. The van der Waals surface area contributed by atoms with Gasteiger partial charge in [0.25, 0.3) is 5.91 Å². The van der Waals surface area contributed by atoms with Crippen molar-refractivity contribution in [3.63, 3.8) is 0 Å². The summed E-state index contributed by atoms with van der Waals surface area (Å²) in [7, 11) is 1.64. The van der Waals surface area contributed by atoms with E-state index in [2.05, 4.69) is 11.4 Å². The number of halogens is 1. The van der Waals surface area contributed by atoms with Gasteiger partial charge in [0.1, 0.15) is 6.10 Å². The number of carbonyl (C=O) groups is 1. The molecule has 0 saturated carbocycles. The molecule has 1 fully saturated rings. The molecule has 0 radical (unpaired) electrons. The number of hydrogen-bond donors (Lipinski definition) is 1. The summed E-state index contributed by atoms with van der Waals surface area (Å²) in [4.78, 5) is 14.5. The quantitative estimate of drug-likeness (QED) is 0.908. The topological polar surface area (TPSA) is 50.8 Å². The summed E-state index contributed by atoms with van der Waals surface area (Å²) in [5.74, 6) is 0.0267. The zero-order chi connectivity index (χ0) is 15.5. The van der Waals surface area contributed by atoms with Crippen LogP contribution in [0.5, 0.6) is 0 Å². The summed E-state index contributed by atoms with van der Waals surface area (Å²) < 4.78 is 11.0. The third-order valence-electron chi connectivity index (χ3n) is 4.21. The maximum absolute atomic E-state index is 12.7. The number of nitrogens with zero attached hydrogens (tertiary/aromatic N) is 1. The van der Waals surface area contributed by atoms with Gasteiger partial charge >= 0.3 is 0 Å². The van der Waals surface area contributed by atoms with Crippen molar-refractivity contribution < 1.29 is 14.3 Å². The molecule has 3 rings (SSSR count). The number of rotatable bonds is 3. The summed E-state index contributed by atoms with van der Waals surface area (Å²) in [5.41, 5.74) is 2.29. The van der Waals surface area contributed by atoms with E-state index in [-0.39, 0.29) is 12.0 Å². The fraction of sp³-hybridized carbons (Fsp3) is 0.562. The van der Waals surface area contributed by atoms with Gasteiger partial charge < -0.3 is 19.7 Å². The maximum atomic E-state index is 12.7. The lowest BCUT2D eigenvalue weighted by atomic mass is 9.99. The monoisotopic (exact) mass is 324 g/mol. The Balaban J connectivity index is 1.67. The molecule has 0 spiro atoms. The molecule has 1 aromatic carbocycles. The molecule has 1 N–H and O–H groups in total. The molecule has 1 amide bonds. The molecule has 6 heteroatoms. The maximum Gasteiger partial charge on any atom is 0.253 e. The number of benzene rings is 1.